The molecule has 0 bridgehead atoms. The van der Waals surface area contributed by atoms with E-state index in [0.29, 0.717) is 36.3 Å². The fraction of sp³-hybridized carbons (Fsp3) is 0.391. The van der Waals surface area contributed by atoms with Crippen molar-refractivity contribution in [2.75, 3.05) is 18.5 Å². The SMILES string of the molecule is CCOc1cccc(OCC)c1C(=O)NC1CCCC1Nc1nc2ccccc2o1. The second-order valence-electron chi connectivity index (χ2n) is 7.24. The lowest BCUT2D eigenvalue weighted by atomic mass is 10.1. The first-order chi connectivity index (χ1) is 14.7. The van der Waals surface area contributed by atoms with E-state index in [-0.39, 0.29) is 18.0 Å². The fourth-order valence-electron chi connectivity index (χ4n) is 3.93. The molecule has 1 amide bonds. The van der Waals surface area contributed by atoms with Crippen LogP contribution in [0, 0.1) is 0 Å². The quantitative estimate of drug-likeness (QED) is 0.574. The number of carbonyl (C=O) groups excluding carboxylic acids is 1. The molecule has 2 atom stereocenters. The summed E-state index contributed by atoms with van der Waals surface area (Å²) in [6.07, 6.45) is 2.81. The average molecular weight is 409 g/mol. The molecule has 30 heavy (non-hydrogen) atoms. The van der Waals surface area contributed by atoms with Crippen LogP contribution in [-0.2, 0) is 0 Å². The molecule has 1 aromatic heterocycles. The Balaban J connectivity index is 1.51. The second-order valence-corrected chi connectivity index (χ2v) is 7.24. The van der Waals surface area contributed by atoms with Gasteiger partial charge in [0.05, 0.1) is 19.3 Å². The molecule has 1 saturated carbocycles. The van der Waals surface area contributed by atoms with E-state index in [4.69, 9.17) is 13.9 Å². The van der Waals surface area contributed by atoms with Gasteiger partial charge in [0, 0.05) is 6.04 Å². The van der Waals surface area contributed by atoms with Crippen LogP contribution in [0.2, 0.25) is 0 Å². The number of nitrogens with one attached hydrogen (secondary N) is 2. The highest BCUT2D eigenvalue weighted by Crippen LogP contribution is 2.30. The minimum absolute atomic E-state index is 0.0387. The molecule has 1 aliphatic carbocycles. The molecule has 0 saturated heterocycles. The van der Waals surface area contributed by atoms with Crippen molar-refractivity contribution in [3.8, 4) is 11.5 Å². The van der Waals surface area contributed by atoms with Crippen molar-refractivity contribution in [2.24, 2.45) is 0 Å². The maximum absolute atomic E-state index is 13.2. The highest BCUT2D eigenvalue weighted by atomic mass is 16.5. The van der Waals surface area contributed by atoms with Crippen LogP contribution >= 0.6 is 0 Å². The van der Waals surface area contributed by atoms with Crippen LogP contribution in [0.3, 0.4) is 0 Å². The van der Waals surface area contributed by atoms with Crippen molar-refractivity contribution >= 4 is 23.0 Å². The summed E-state index contributed by atoms with van der Waals surface area (Å²) in [5.74, 6) is 0.864. The number of para-hydroxylation sites is 2. The lowest BCUT2D eigenvalue weighted by molar-refractivity contribution is 0.0927. The van der Waals surface area contributed by atoms with Gasteiger partial charge in [-0.25, -0.2) is 0 Å². The van der Waals surface area contributed by atoms with E-state index >= 15 is 0 Å². The Kier molecular flexibility index (Phi) is 6.07. The number of oxazole rings is 1. The summed E-state index contributed by atoms with van der Waals surface area (Å²) in [5.41, 5.74) is 1.99. The fourth-order valence-corrected chi connectivity index (χ4v) is 3.93. The molecule has 2 aromatic carbocycles. The molecular formula is C23H27N3O4. The van der Waals surface area contributed by atoms with Crippen molar-refractivity contribution in [1.82, 2.24) is 10.3 Å². The summed E-state index contributed by atoms with van der Waals surface area (Å²) in [6, 6.07) is 13.5. The Morgan fingerprint density at radius 2 is 1.73 bits per heavy atom. The third kappa shape index (κ3) is 4.20. The highest BCUT2D eigenvalue weighted by molar-refractivity contribution is 6.00. The number of anilines is 1. The van der Waals surface area contributed by atoms with E-state index in [9.17, 15) is 4.79 Å². The van der Waals surface area contributed by atoms with Crippen molar-refractivity contribution in [3.63, 3.8) is 0 Å². The minimum atomic E-state index is -0.196. The van der Waals surface area contributed by atoms with Gasteiger partial charge >= 0.3 is 0 Å². The molecule has 3 aromatic rings. The molecule has 158 valence electrons. The van der Waals surface area contributed by atoms with Gasteiger partial charge in [0.2, 0.25) is 0 Å². The molecule has 7 heteroatoms. The predicted octanol–water partition coefficient (Wildman–Crippen LogP) is 4.39. The van der Waals surface area contributed by atoms with Gasteiger partial charge in [0.15, 0.2) is 5.58 Å². The van der Waals surface area contributed by atoms with Gasteiger partial charge in [0.1, 0.15) is 22.6 Å². The molecule has 0 aliphatic heterocycles. The van der Waals surface area contributed by atoms with E-state index in [1.807, 2.05) is 44.2 Å². The summed E-state index contributed by atoms with van der Waals surface area (Å²) >= 11 is 0. The number of aromatic nitrogens is 1. The standard InChI is InChI=1S/C23H27N3O4/c1-3-28-19-13-8-14-20(29-4-2)21(19)22(27)24-15-10-7-11-16(15)25-23-26-17-9-5-6-12-18(17)30-23/h5-6,8-9,12-16H,3-4,7,10-11H2,1-2H3,(H,24,27)(H,25,26). The third-order valence-electron chi connectivity index (χ3n) is 5.25. The smallest absolute Gasteiger partial charge is 0.295 e. The number of carbonyl (C=O) groups is 1. The van der Waals surface area contributed by atoms with E-state index in [1.165, 1.54) is 0 Å². The lowest BCUT2D eigenvalue weighted by Gasteiger charge is -2.23. The normalized spacial score (nSPS) is 18.3. The van der Waals surface area contributed by atoms with Crippen LogP contribution in [0.1, 0.15) is 43.5 Å². The van der Waals surface area contributed by atoms with Gasteiger partial charge in [-0.3, -0.25) is 4.79 Å². The predicted molar refractivity (Wildman–Crippen MR) is 115 cm³/mol. The van der Waals surface area contributed by atoms with Crippen molar-refractivity contribution in [3.05, 3.63) is 48.0 Å². The number of amides is 1. The monoisotopic (exact) mass is 409 g/mol. The number of hydrogen-bond donors (Lipinski definition) is 2. The van der Waals surface area contributed by atoms with Crippen molar-refractivity contribution < 1.29 is 18.7 Å². The molecule has 0 spiro atoms. The zero-order chi connectivity index (χ0) is 20.9. The number of ether oxygens (including phenoxy) is 2. The van der Waals surface area contributed by atoms with Crippen LogP contribution in [0.25, 0.3) is 11.1 Å². The Labute approximate surface area is 175 Å². The lowest BCUT2D eigenvalue weighted by Crippen LogP contribution is -2.43. The maximum atomic E-state index is 13.2. The summed E-state index contributed by atoms with van der Waals surface area (Å²) in [4.78, 5) is 17.7. The van der Waals surface area contributed by atoms with Crippen LogP contribution in [0.15, 0.2) is 46.9 Å². The molecule has 7 nitrogen and oxygen atoms in total. The molecule has 2 N–H and O–H groups in total. The summed E-state index contributed by atoms with van der Waals surface area (Å²) in [7, 11) is 0. The van der Waals surface area contributed by atoms with Crippen molar-refractivity contribution in [2.45, 2.75) is 45.2 Å². The third-order valence-corrected chi connectivity index (χ3v) is 5.25. The Morgan fingerprint density at radius 1 is 1.03 bits per heavy atom. The first kappa shape index (κ1) is 20.1. The minimum Gasteiger partial charge on any atom is -0.493 e. The second kappa shape index (κ2) is 9.07. The molecule has 4 rings (SSSR count). The number of nitrogens with zero attached hydrogens (tertiary/aromatic N) is 1. The average Bonchev–Trinajstić information content (AvgIpc) is 3.35. The summed E-state index contributed by atoms with van der Waals surface area (Å²) < 4.78 is 17.2. The first-order valence-electron chi connectivity index (χ1n) is 10.5. The van der Waals surface area contributed by atoms with E-state index in [1.54, 1.807) is 12.1 Å². The Hall–Kier alpha value is -3.22. The van der Waals surface area contributed by atoms with E-state index < -0.39 is 0 Å². The largest absolute Gasteiger partial charge is 0.493 e. The van der Waals surface area contributed by atoms with Gasteiger partial charge in [-0.2, -0.15) is 4.98 Å². The summed E-state index contributed by atoms with van der Waals surface area (Å²) in [5, 5.41) is 6.53. The number of hydrogen-bond acceptors (Lipinski definition) is 6. The maximum Gasteiger partial charge on any atom is 0.295 e. The number of rotatable bonds is 8. The van der Waals surface area contributed by atoms with Gasteiger partial charge in [0.25, 0.3) is 11.9 Å². The van der Waals surface area contributed by atoms with Gasteiger partial charge in [-0.15, -0.1) is 0 Å². The van der Waals surface area contributed by atoms with Gasteiger partial charge in [-0.05, 0) is 57.4 Å². The van der Waals surface area contributed by atoms with Gasteiger partial charge < -0.3 is 24.5 Å². The van der Waals surface area contributed by atoms with Crippen LogP contribution in [-0.4, -0.2) is 36.2 Å². The molecule has 0 radical (unpaired) electrons. The van der Waals surface area contributed by atoms with E-state index in [2.05, 4.69) is 15.6 Å². The molecule has 1 aliphatic rings. The van der Waals surface area contributed by atoms with E-state index in [0.717, 1.165) is 30.4 Å². The Bertz CT molecular complexity index is 959. The topological polar surface area (TPSA) is 85.6 Å². The summed E-state index contributed by atoms with van der Waals surface area (Å²) in [6.45, 7) is 4.74. The zero-order valence-electron chi connectivity index (χ0n) is 17.3. The molecule has 2 unspecified atom stereocenters. The molecule has 1 fully saturated rings. The van der Waals surface area contributed by atoms with Crippen LogP contribution in [0.4, 0.5) is 6.01 Å². The van der Waals surface area contributed by atoms with Crippen LogP contribution in [0.5, 0.6) is 11.5 Å². The first-order valence-corrected chi connectivity index (χ1v) is 10.5. The van der Waals surface area contributed by atoms with Crippen molar-refractivity contribution in [1.29, 1.82) is 0 Å². The highest BCUT2D eigenvalue weighted by Gasteiger charge is 2.31. The zero-order valence-corrected chi connectivity index (χ0v) is 17.3. The van der Waals surface area contributed by atoms with Gasteiger partial charge in [-0.1, -0.05) is 18.2 Å². The molecule has 1 heterocycles. The molecular weight excluding hydrogens is 382 g/mol. The Morgan fingerprint density at radius 3 is 2.43 bits per heavy atom. The number of fused-ring (bicyclic) bond motifs is 1. The van der Waals surface area contributed by atoms with Crippen LogP contribution < -0.4 is 20.1 Å². The number of benzene rings is 2.